The molecule has 1 amide bonds. The lowest BCUT2D eigenvalue weighted by atomic mass is 10.1. The summed E-state index contributed by atoms with van der Waals surface area (Å²) in [6.45, 7) is 4.37. The molecule has 0 saturated carbocycles. The molecular weight excluding hydrogens is 364 g/mol. The summed E-state index contributed by atoms with van der Waals surface area (Å²) in [4.78, 5) is 16.4. The quantitative estimate of drug-likeness (QED) is 0.328. The number of rotatable bonds is 10. The highest BCUT2D eigenvalue weighted by molar-refractivity contribution is 5.94. The molecule has 0 saturated heterocycles. The van der Waals surface area contributed by atoms with E-state index >= 15 is 0 Å². The van der Waals surface area contributed by atoms with Gasteiger partial charge in [0.2, 0.25) is 0 Å². The molecule has 0 aliphatic rings. The molecule has 0 unspecified atom stereocenters. The Hall–Kier alpha value is -3.02. The van der Waals surface area contributed by atoms with Crippen LogP contribution >= 0.6 is 0 Å². The van der Waals surface area contributed by atoms with Gasteiger partial charge in [0.1, 0.15) is 5.75 Å². The number of guanidine groups is 1. The number of nitrogens with one attached hydrogen (secondary N) is 3. The number of nitrogens with zero attached hydrogens (tertiary/aromatic N) is 1. The molecule has 0 heterocycles. The van der Waals surface area contributed by atoms with Crippen LogP contribution in [0.5, 0.6) is 5.75 Å². The highest BCUT2D eigenvalue weighted by atomic mass is 16.5. The zero-order chi connectivity index (χ0) is 20.9. The van der Waals surface area contributed by atoms with E-state index in [0.717, 1.165) is 56.2 Å². The van der Waals surface area contributed by atoms with Crippen molar-refractivity contribution in [3.63, 3.8) is 0 Å². The fourth-order valence-electron chi connectivity index (χ4n) is 2.98. The summed E-state index contributed by atoms with van der Waals surface area (Å²) in [6.07, 6.45) is 2.75. The molecule has 0 radical (unpaired) electrons. The van der Waals surface area contributed by atoms with Gasteiger partial charge in [0.05, 0.1) is 7.11 Å². The molecule has 6 heteroatoms. The van der Waals surface area contributed by atoms with E-state index in [1.807, 2.05) is 36.4 Å². The van der Waals surface area contributed by atoms with Crippen LogP contribution < -0.4 is 20.7 Å². The normalized spacial score (nSPS) is 11.1. The Morgan fingerprint density at radius 3 is 2.52 bits per heavy atom. The molecule has 0 bridgehead atoms. The van der Waals surface area contributed by atoms with Gasteiger partial charge in [-0.1, -0.05) is 24.3 Å². The van der Waals surface area contributed by atoms with Crippen molar-refractivity contribution in [2.24, 2.45) is 4.99 Å². The van der Waals surface area contributed by atoms with Gasteiger partial charge in [0, 0.05) is 32.2 Å². The monoisotopic (exact) mass is 396 g/mol. The molecule has 0 aromatic heterocycles. The molecule has 0 spiro atoms. The van der Waals surface area contributed by atoms with Gasteiger partial charge in [-0.05, 0) is 61.6 Å². The van der Waals surface area contributed by atoms with E-state index in [-0.39, 0.29) is 5.91 Å². The van der Waals surface area contributed by atoms with E-state index in [1.54, 1.807) is 14.2 Å². The zero-order valence-electron chi connectivity index (χ0n) is 17.6. The Balaban J connectivity index is 1.80. The largest absolute Gasteiger partial charge is 0.497 e. The van der Waals surface area contributed by atoms with Crippen LogP contribution in [-0.2, 0) is 12.8 Å². The van der Waals surface area contributed by atoms with Crippen molar-refractivity contribution in [1.29, 1.82) is 0 Å². The summed E-state index contributed by atoms with van der Waals surface area (Å²) in [5.41, 5.74) is 3.06. The topological polar surface area (TPSA) is 74.8 Å². The second-order valence-corrected chi connectivity index (χ2v) is 6.67. The van der Waals surface area contributed by atoms with Crippen molar-refractivity contribution in [1.82, 2.24) is 16.0 Å². The van der Waals surface area contributed by atoms with E-state index in [0.29, 0.717) is 5.56 Å². The van der Waals surface area contributed by atoms with Crippen molar-refractivity contribution in [2.45, 2.75) is 26.2 Å². The van der Waals surface area contributed by atoms with Gasteiger partial charge in [0.15, 0.2) is 5.96 Å². The maximum Gasteiger partial charge on any atom is 0.251 e. The van der Waals surface area contributed by atoms with Crippen LogP contribution in [0.3, 0.4) is 0 Å². The summed E-state index contributed by atoms with van der Waals surface area (Å²) in [5, 5.41) is 9.30. The number of hydrogen-bond acceptors (Lipinski definition) is 3. The molecule has 0 fully saturated rings. The summed E-state index contributed by atoms with van der Waals surface area (Å²) in [7, 11) is 3.33. The molecule has 2 rings (SSSR count). The number of aliphatic imine (C=N–C) groups is 1. The van der Waals surface area contributed by atoms with Crippen molar-refractivity contribution in [2.75, 3.05) is 33.8 Å². The van der Waals surface area contributed by atoms with Crippen LogP contribution in [0.1, 0.15) is 34.8 Å². The molecule has 3 N–H and O–H groups in total. The highest BCUT2D eigenvalue weighted by Gasteiger charge is 2.04. The smallest absolute Gasteiger partial charge is 0.251 e. The Morgan fingerprint density at radius 1 is 1.03 bits per heavy atom. The van der Waals surface area contributed by atoms with E-state index in [1.165, 1.54) is 5.56 Å². The Bertz CT molecular complexity index is 805. The van der Waals surface area contributed by atoms with Crippen LogP contribution in [0, 0.1) is 0 Å². The summed E-state index contributed by atoms with van der Waals surface area (Å²) < 4.78 is 5.27. The fraction of sp³-hybridized carbons (Fsp3) is 0.391. The van der Waals surface area contributed by atoms with Crippen molar-refractivity contribution in [3.05, 3.63) is 65.2 Å². The maximum absolute atomic E-state index is 11.8. The van der Waals surface area contributed by atoms with Crippen LogP contribution in [-0.4, -0.2) is 45.7 Å². The predicted octanol–water partition coefficient (Wildman–Crippen LogP) is 2.79. The van der Waals surface area contributed by atoms with Crippen molar-refractivity contribution >= 4 is 11.9 Å². The van der Waals surface area contributed by atoms with Crippen LogP contribution in [0.4, 0.5) is 0 Å². The van der Waals surface area contributed by atoms with Crippen LogP contribution in [0.15, 0.2) is 53.5 Å². The van der Waals surface area contributed by atoms with Crippen molar-refractivity contribution in [3.8, 4) is 5.75 Å². The molecule has 0 atom stereocenters. The number of carbonyl (C=O) groups is 1. The third kappa shape index (κ3) is 7.86. The third-order valence-electron chi connectivity index (χ3n) is 4.49. The standard InChI is InChI=1S/C23H32N4O2/c1-4-25-23(26-14-7-10-18-9-6-12-21(17-18)29-3)27-15-13-19-8-5-11-20(16-19)22(28)24-2/h5-6,8-9,11-12,16-17H,4,7,10,13-15H2,1-3H3,(H,24,28)(H2,25,26,27). The highest BCUT2D eigenvalue weighted by Crippen LogP contribution is 2.13. The van der Waals surface area contributed by atoms with Gasteiger partial charge in [-0.3, -0.25) is 9.79 Å². The average Bonchev–Trinajstić information content (AvgIpc) is 2.76. The molecule has 6 nitrogen and oxygen atoms in total. The first-order chi connectivity index (χ1) is 14.2. The number of carbonyl (C=O) groups excluding carboxylic acids is 1. The van der Waals surface area contributed by atoms with Crippen molar-refractivity contribution < 1.29 is 9.53 Å². The first-order valence-electron chi connectivity index (χ1n) is 10.1. The Kier molecular flexibility index (Phi) is 9.55. The number of methoxy groups -OCH3 is 1. The number of ether oxygens (including phenoxy) is 1. The van der Waals surface area contributed by atoms with Crippen LogP contribution in [0.25, 0.3) is 0 Å². The van der Waals surface area contributed by atoms with Gasteiger partial charge in [0.25, 0.3) is 5.91 Å². The summed E-state index contributed by atoms with van der Waals surface area (Å²) in [5.74, 6) is 1.65. The van der Waals surface area contributed by atoms with Crippen LogP contribution in [0.2, 0.25) is 0 Å². The average molecular weight is 397 g/mol. The first-order valence-corrected chi connectivity index (χ1v) is 10.1. The first kappa shape index (κ1) is 22.3. The Labute approximate surface area is 173 Å². The number of aryl methyl sites for hydroxylation is 1. The second kappa shape index (κ2) is 12.4. The number of benzene rings is 2. The third-order valence-corrected chi connectivity index (χ3v) is 4.49. The molecule has 156 valence electrons. The molecule has 0 aliphatic carbocycles. The molecule has 2 aromatic carbocycles. The number of hydrogen-bond donors (Lipinski definition) is 3. The second-order valence-electron chi connectivity index (χ2n) is 6.67. The predicted molar refractivity (Wildman–Crippen MR) is 119 cm³/mol. The maximum atomic E-state index is 11.8. The minimum absolute atomic E-state index is 0.0641. The van der Waals surface area contributed by atoms with Gasteiger partial charge in [-0.25, -0.2) is 0 Å². The van der Waals surface area contributed by atoms with Gasteiger partial charge < -0.3 is 20.7 Å². The van der Waals surface area contributed by atoms with E-state index in [9.17, 15) is 4.79 Å². The number of amides is 1. The molecule has 0 aliphatic heterocycles. The Morgan fingerprint density at radius 2 is 1.79 bits per heavy atom. The molecular formula is C23H32N4O2. The van der Waals surface area contributed by atoms with E-state index in [4.69, 9.17) is 4.74 Å². The van der Waals surface area contributed by atoms with Gasteiger partial charge in [-0.2, -0.15) is 0 Å². The van der Waals surface area contributed by atoms with Gasteiger partial charge >= 0.3 is 0 Å². The van der Waals surface area contributed by atoms with E-state index < -0.39 is 0 Å². The lowest BCUT2D eigenvalue weighted by Crippen LogP contribution is -2.38. The minimum Gasteiger partial charge on any atom is -0.497 e. The molecule has 2 aromatic rings. The SMILES string of the molecule is CCNC(=NCCCc1cccc(OC)c1)NCCc1cccc(C(=O)NC)c1. The lowest BCUT2D eigenvalue weighted by Gasteiger charge is -2.12. The van der Waals surface area contributed by atoms with Gasteiger partial charge in [-0.15, -0.1) is 0 Å². The summed E-state index contributed by atoms with van der Waals surface area (Å²) >= 11 is 0. The minimum atomic E-state index is -0.0641. The molecule has 29 heavy (non-hydrogen) atoms. The van der Waals surface area contributed by atoms with E-state index in [2.05, 4.69) is 40.0 Å². The fourth-order valence-corrected chi connectivity index (χ4v) is 2.98. The lowest BCUT2D eigenvalue weighted by molar-refractivity contribution is 0.0963. The zero-order valence-corrected chi connectivity index (χ0v) is 17.6. The summed E-state index contributed by atoms with van der Waals surface area (Å²) in [6, 6.07) is 15.9.